The molecular formula is C13H10N2O3. The second-order valence-corrected chi connectivity index (χ2v) is 4.42. The minimum atomic E-state index is -0.370. The van der Waals surface area contributed by atoms with Gasteiger partial charge in [0.25, 0.3) is 17.7 Å². The third-order valence-electron chi connectivity index (χ3n) is 3.48. The van der Waals surface area contributed by atoms with Crippen molar-refractivity contribution in [3.05, 3.63) is 41.0 Å². The van der Waals surface area contributed by atoms with E-state index in [4.69, 9.17) is 0 Å². The Morgan fingerprint density at radius 2 is 1.17 bits per heavy atom. The molecule has 2 heterocycles. The zero-order valence-corrected chi connectivity index (χ0v) is 9.98. The van der Waals surface area contributed by atoms with Crippen molar-refractivity contribution in [3.8, 4) is 0 Å². The first kappa shape index (κ1) is 10.7. The van der Waals surface area contributed by atoms with Crippen molar-refractivity contribution in [1.29, 1.82) is 0 Å². The van der Waals surface area contributed by atoms with Crippen molar-refractivity contribution < 1.29 is 14.4 Å². The zero-order chi connectivity index (χ0) is 13.2. The van der Waals surface area contributed by atoms with Gasteiger partial charge in [-0.2, -0.15) is 0 Å². The molecule has 1 aromatic carbocycles. The molecule has 0 N–H and O–H groups in total. The summed E-state index contributed by atoms with van der Waals surface area (Å²) in [5.41, 5.74) is 2.23. The van der Waals surface area contributed by atoms with Crippen molar-refractivity contribution in [3.63, 3.8) is 0 Å². The molecule has 2 aliphatic heterocycles. The maximum absolute atomic E-state index is 11.9. The van der Waals surface area contributed by atoms with Gasteiger partial charge < -0.3 is 4.90 Å². The van der Waals surface area contributed by atoms with Crippen LogP contribution in [0.4, 0.5) is 0 Å². The van der Waals surface area contributed by atoms with E-state index >= 15 is 0 Å². The van der Waals surface area contributed by atoms with Crippen LogP contribution in [-0.4, -0.2) is 41.6 Å². The molecule has 0 spiro atoms. The van der Waals surface area contributed by atoms with E-state index in [-0.39, 0.29) is 23.3 Å². The first-order chi connectivity index (χ1) is 8.43. The van der Waals surface area contributed by atoms with Crippen LogP contribution in [0.3, 0.4) is 0 Å². The van der Waals surface area contributed by atoms with Gasteiger partial charge in [-0.3, -0.25) is 19.3 Å². The Hall–Kier alpha value is -2.43. The molecule has 5 heteroatoms. The summed E-state index contributed by atoms with van der Waals surface area (Å²) >= 11 is 0. The molecule has 0 radical (unpaired) electrons. The van der Waals surface area contributed by atoms with Gasteiger partial charge in [0, 0.05) is 25.4 Å². The number of benzene rings is 1. The predicted molar refractivity (Wildman–Crippen MR) is 64.0 cm³/mol. The lowest BCUT2D eigenvalue weighted by atomic mass is 10.0. The summed E-state index contributed by atoms with van der Waals surface area (Å²) in [7, 11) is 3.05. The highest BCUT2D eigenvalue weighted by Gasteiger charge is 2.37. The molecule has 0 atom stereocenters. The molecule has 2 aliphatic rings. The van der Waals surface area contributed by atoms with Gasteiger partial charge in [0.1, 0.15) is 0 Å². The number of imide groups is 1. The molecule has 0 aliphatic carbocycles. The van der Waals surface area contributed by atoms with Gasteiger partial charge in [-0.1, -0.05) is 6.58 Å². The smallest absolute Gasteiger partial charge is 0.261 e. The summed E-state index contributed by atoms with van der Waals surface area (Å²) in [5.74, 6) is -0.911. The molecule has 0 aromatic heterocycles. The van der Waals surface area contributed by atoms with Crippen molar-refractivity contribution in [2.75, 3.05) is 14.1 Å². The Labute approximate surface area is 103 Å². The van der Waals surface area contributed by atoms with E-state index in [1.54, 1.807) is 13.1 Å². The number of hydrogen-bond acceptors (Lipinski definition) is 3. The highest BCUT2D eigenvalue weighted by atomic mass is 16.2. The molecular weight excluding hydrogens is 232 g/mol. The van der Waals surface area contributed by atoms with Gasteiger partial charge in [-0.05, 0) is 12.1 Å². The lowest BCUT2D eigenvalue weighted by molar-refractivity contribution is 0.0693. The van der Waals surface area contributed by atoms with Crippen molar-refractivity contribution in [1.82, 2.24) is 9.80 Å². The Kier molecular flexibility index (Phi) is 1.83. The molecule has 3 rings (SSSR count). The van der Waals surface area contributed by atoms with Crippen LogP contribution >= 0.6 is 0 Å². The third kappa shape index (κ3) is 1.03. The van der Waals surface area contributed by atoms with Crippen LogP contribution in [0, 0.1) is 0 Å². The number of carbonyl (C=O) groups excluding carboxylic acids is 3. The second-order valence-electron chi connectivity index (χ2n) is 4.42. The van der Waals surface area contributed by atoms with Gasteiger partial charge in [-0.25, -0.2) is 0 Å². The maximum atomic E-state index is 11.9. The average molecular weight is 242 g/mol. The molecule has 0 saturated heterocycles. The summed E-state index contributed by atoms with van der Waals surface area (Å²) in [6, 6.07) is 3.07. The number of hydrogen-bond donors (Lipinski definition) is 0. The number of fused-ring (bicyclic) bond motifs is 2. The average Bonchev–Trinajstić information content (AvgIpc) is 2.71. The normalized spacial score (nSPS) is 17.7. The summed E-state index contributed by atoms with van der Waals surface area (Å²) in [4.78, 5) is 38.1. The molecule has 0 unspecified atom stereocenters. The fraction of sp³-hybridized carbons (Fsp3) is 0.154. The van der Waals surface area contributed by atoms with Gasteiger partial charge in [0.15, 0.2) is 0 Å². The van der Waals surface area contributed by atoms with E-state index in [0.29, 0.717) is 22.4 Å². The molecule has 0 fully saturated rings. The van der Waals surface area contributed by atoms with Crippen LogP contribution in [0.25, 0.3) is 5.70 Å². The van der Waals surface area contributed by atoms with E-state index in [9.17, 15) is 14.4 Å². The van der Waals surface area contributed by atoms with Crippen LogP contribution in [0.5, 0.6) is 0 Å². The topological polar surface area (TPSA) is 57.7 Å². The van der Waals surface area contributed by atoms with E-state index < -0.39 is 0 Å². The summed E-state index contributed by atoms with van der Waals surface area (Å²) in [5, 5.41) is 0. The molecule has 0 saturated carbocycles. The standard InChI is InChI=1S/C13H10N2O3/c1-6-7-4-9-10(13(18)15(3)12(9)17)5-8(7)11(16)14(6)2/h4-5H,1H2,2-3H3. The van der Waals surface area contributed by atoms with E-state index in [2.05, 4.69) is 6.58 Å². The third-order valence-corrected chi connectivity index (χ3v) is 3.48. The highest BCUT2D eigenvalue weighted by Crippen LogP contribution is 2.34. The minimum Gasteiger partial charge on any atom is -0.311 e. The zero-order valence-electron chi connectivity index (χ0n) is 9.98. The quantitative estimate of drug-likeness (QED) is 0.637. The first-order valence-electron chi connectivity index (χ1n) is 5.41. The van der Waals surface area contributed by atoms with Crippen LogP contribution in [0.1, 0.15) is 36.6 Å². The maximum Gasteiger partial charge on any atom is 0.261 e. The van der Waals surface area contributed by atoms with Crippen LogP contribution in [0.15, 0.2) is 18.7 Å². The molecule has 5 nitrogen and oxygen atoms in total. The fourth-order valence-electron chi connectivity index (χ4n) is 2.31. The number of nitrogens with zero attached hydrogens (tertiary/aromatic N) is 2. The summed E-state index contributed by atoms with van der Waals surface area (Å²) in [6.45, 7) is 3.81. The van der Waals surface area contributed by atoms with E-state index in [0.717, 1.165) is 4.90 Å². The number of rotatable bonds is 0. The van der Waals surface area contributed by atoms with Crippen molar-refractivity contribution >= 4 is 23.4 Å². The van der Waals surface area contributed by atoms with Crippen LogP contribution in [0.2, 0.25) is 0 Å². The Balaban J connectivity index is 2.30. The number of carbonyl (C=O) groups is 3. The van der Waals surface area contributed by atoms with Crippen molar-refractivity contribution in [2.45, 2.75) is 0 Å². The van der Waals surface area contributed by atoms with E-state index in [1.165, 1.54) is 18.0 Å². The largest absolute Gasteiger partial charge is 0.311 e. The molecule has 90 valence electrons. The monoisotopic (exact) mass is 242 g/mol. The van der Waals surface area contributed by atoms with Gasteiger partial charge in [0.2, 0.25) is 0 Å². The first-order valence-corrected chi connectivity index (χ1v) is 5.41. The minimum absolute atomic E-state index is 0.201. The Morgan fingerprint density at radius 3 is 1.72 bits per heavy atom. The van der Waals surface area contributed by atoms with Crippen LogP contribution in [-0.2, 0) is 0 Å². The van der Waals surface area contributed by atoms with Crippen LogP contribution < -0.4 is 0 Å². The predicted octanol–water partition coefficient (Wildman–Crippen LogP) is 0.969. The fourth-order valence-corrected chi connectivity index (χ4v) is 2.31. The Bertz CT molecular complexity index is 552. The molecule has 1 aromatic rings. The molecule has 3 amide bonds. The van der Waals surface area contributed by atoms with Gasteiger partial charge >= 0.3 is 0 Å². The lowest BCUT2D eigenvalue weighted by Gasteiger charge is -2.08. The van der Waals surface area contributed by atoms with Gasteiger partial charge in [0.05, 0.1) is 16.7 Å². The SMILES string of the molecule is C=C1c2cc3c(cc2C(=O)N1C)C(=O)N(C)C3=O. The van der Waals surface area contributed by atoms with Gasteiger partial charge in [-0.15, -0.1) is 0 Å². The van der Waals surface area contributed by atoms with E-state index in [1.807, 2.05) is 0 Å². The second kappa shape index (κ2) is 3.07. The number of amides is 3. The molecule has 0 bridgehead atoms. The highest BCUT2D eigenvalue weighted by molar-refractivity contribution is 6.23. The Morgan fingerprint density at radius 1 is 0.778 bits per heavy atom. The van der Waals surface area contributed by atoms with Crippen molar-refractivity contribution in [2.24, 2.45) is 0 Å². The summed E-state index contributed by atoms with van der Waals surface area (Å²) < 4.78 is 0. The lowest BCUT2D eigenvalue weighted by Crippen LogP contribution is -2.24. The summed E-state index contributed by atoms with van der Waals surface area (Å²) in [6.07, 6.45) is 0. The molecule has 18 heavy (non-hydrogen) atoms.